The fraction of sp³-hybridized carbons (Fsp3) is 0.512. The van der Waals surface area contributed by atoms with Crippen LogP contribution in [0.15, 0.2) is 48.8 Å². The number of carbonyl (C=O) groups is 3. The number of imide groups is 1. The Kier molecular flexibility index (Phi) is 9.31. The molecular weight excluding hydrogens is 731 g/mol. The zero-order chi connectivity index (χ0) is 40.7. The highest BCUT2D eigenvalue weighted by molar-refractivity contribution is 6.74. The lowest BCUT2D eigenvalue weighted by Crippen LogP contribution is -2.58. The number of nitrogens with zero attached hydrogens (tertiary/aromatic N) is 6. The molecule has 2 amide bonds. The average Bonchev–Trinajstić information content (AvgIpc) is 3.65. The third kappa shape index (κ3) is 7.10. The lowest BCUT2D eigenvalue weighted by molar-refractivity contribution is -0.120. The molecule has 2 atom stereocenters. The molecule has 1 saturated heterocycles. The van der Waals surface area contributed by atoms with Crippen LogP contribution in [0.2, 0.25) is 18.1 Å². The number of hydrogen-bond donors (Lipinski definition) is 1. The summed E-state index contributed by atoms with van der Waals surface area (Å²) in [4.78, 5) is 53.7. The molecule has 4 aromatic rings. The number of nitrogens with one attached hydrogen (secondary N) is 1. The van der Waals surface area contributed by atoms with Gasteiger partial charge in [0.2, 0.25) is 5.91 Å². The Morgan fingerprint density at radius 2 is 1.57 bits per heavy atom. The summed E-state index contributed by atoms with van der Waals surface area (Å²) in [6, 6.07) is 12.8. The zero-order valence-corrected chi connectivity index (χ0v) is 35.4. The zero-order valence-electron chi connectivity index (χ0n) is 34.4. The number of carbonyl (C=O) groups excluding carboxylic acids is 3. The van der Waals surface area contributed by atoms with Gasteiger partial charge in [0.05, 0.1) is 29.8 Å². The van der Waals surface area contributed by atoms with Gasteiger partial charge in [-0.05, 0) is 108 Å². The van der Waals surface area contributed by atoms with Crippen molar-refractivity contribution in [2.24, 2.45) is 0 Å². The topological polar surface area (TPSA) is 150 Å². The molecule has 2 fully saturated rings. The van der Waals surface area contributed by atoms with Gasteiger partial charge in [-0.3, -0.25) is 4.79 Å². The summed E-state index contributed by atoms with van der Waals surface area (Å²) in [6.45, 7) is 23.4. The van der Waals surface area contributed by atoms with E-state index in [1.54, 1.807) is 60.8 Å². The number of anilines is 4. The van der Waals surface area contributed by atoms with Crippen LogP contribution >= 0.6 is 0 Å². The van der Waals surface area contributed by atoms with E-state index in [1.165, 1.54) is 11.0 Å². The van der Waals surface area contributed by atoms with Crippen LogP contribution in [0.1, 0.15) is 85.8 Å². The number of benzene rings is 2. The highest BCUT2D eigenvalue weighted by atomic mass is 28.4. The Morgan fingerprint density at radius 3 is 2.21 bits per heavy atom. The summed E-state index contributed by atoms with van der Waals surface area (Å²) in [5, 5.41) is 8.78. The van der Waals surface area contributed by atoms with Crippen molar-refractivity contribution in [1.82, 2.24) is 19.7 Å². The number of rotatable bonds is 7. The molecule has 1 aliphatic carbocycles. The monoisotopic (exact) mass is 783 g/mol. The van der Waals surface area contributed by atoms with E-state index in [4.69, 9.17) is 23.7 Å². The van der Waals surface area contributed by atoms with Crippen molar-refractivity contribution in [3.63, 3.8) is 0 Å². The Balaban J connectivity index is 1.19. The maximum atomic E-state index is 14.3. The van der Waals surface area contributed by atoms with Crippen LogP contribution in [0.5, 0.6) is 5.75 Å². The number of fused-ring (bicyclic) bond motifs is 3. The van der Waals surface area contributed by atoms with Gasteiger partial charge in [0.25, 0.3) is 0 Å². The van der Waals surface area contributed by atoms with Crippen LogP contribution in [0, 0.1) is 0 Å². The van der Waals surface area contributed by atoms with E-state index in [-0.39, 0.29) is 23.0 Å². The van der Waals surface area contributed by atoms with Gasteiger partial charge in [0.1, 0.15) is 34.9 Å². The van der Waals surface area contributed by atoms with E-state index in [2.05, 4.69) is 54.0 Å². The molecule has 15 heteroatoms. The summed E-state index contributed by atoms with van der Waals surface area (Å²) in [6.07, 6.45) is 0.712. The summed E-state index contributed by atoms with van der Waals surface area (Å²) >= 11 is 0. The minimum absolute atomic E-state index is 0.127. The van der Waals surface area contributed by atoms with Crippen LogP contribution < -0.4 is 19.9 Å². The third-order valence-corrected chi connectivity index (χ3v) is 15.6. The number of methoxy groups -OCH3 is 1. The largest absolute Gasteiger partial charge is 0.497 e. The fourth-order valence-corrected chi connectivity index (χ4v) is 8.53. The van der Waals surface area contributed by atoms with Crippen molar-refractivity contribution < 1.29 is 33.0 Å². The molecule has 298 valence electrons. The van der Waals surface area contributed by atoms with Crippen molar-refractivity contribution in [3.05, 3.63) is 59.9 Å². The van der Waals surface area contributed by atoms with Gasteiger partial charge in [-0.1, -0.05) is 26.8 Å². The molecule has 0 bridgehead atoms. The van der Waals surface area contributed by atoms with Crippen LogP contribution in [-0.2, 0) is 24.1 Å². The molecule has 3 aliphatic rings. The van der Waals surface area contributed by atoms with Gasteiger partial charge in [0.15, 0.2) is 14.1 Å². The van der Waals surface area contributed by atoms with Crippen LogP contribution in [-0.4, -0.2) is 83.7 Å². The molecule has 2 aromatic carbocycles. The third-order valence-electron chi connectivity index (χ3n) is 11.1. The van der Waals surface area contributed by atoms with Crippen molar-refractivity contribution in [2.75, 3.05) is 35.3 Å². The second-order valence-electron chi connectivity index (χ2n) is 18.5. The van der Waals surface area contributed by atoms with E-state index in [9.17, 15) is 14.4 Å². The fourth-order valence-electron chi connectivity index (χ4n) is 7.19. The first-order valence-corrected chi connectivity index (χ1v) is 22.0. The number of ether oxygens (including phenoxy) is 3. The maximum Gasteiger partial charge on any atom is 0.435 e. The van der Waals surface area contributed by atoms with Gasteiger partial charge in [-0.15, -0.1) is 5.10 Å². The van der Waals surface area contributed by atoms with E-state index >= 15 is 0 Å². The lowest BCUT2D eigenvalue weighted by Gasteiger charge is -2.46. The van der Waals surface area contributed by atoms with Crippen molar-refractivity contribution in [1.29, 1.82) is 0 Å². The van der Waals surface area contributed by atoms with Crippen molar-refractivity contribution in [2.45, 2.75) is 116 Å². The standard InChI is InChI=1S/C41H53N7O7Si/c1-38(2,3)53-36(50)47-30-16-14-25(52-10)18-28(30)41(35(47)49)20-29(41)24-13-15-27-31(17-24)48(37(51)54-39(4,5)6)45-34(27)44-32-19-33(43-23-42-32)46-21-26(22-46)55-56(11,12)40(7,8)9/h13-19,23,26,29H,20-22H2,1-12H3,(H,42,43,44,45)/t29-,41-/m0/s1. The molecule has 14 nitrogen and oxygen atoms in total. The summed E-state index contributed by atoms with van der Waals surface area (Å²) in [7, 11) is -0.334. The molecule has 0 radical (unpaired) electrons. The van der Waals surface area contributed by atoms with E-state index in [0.29, 0.717) is 46.0 Å². The normalized spacial score (nSPS) is 19.9. The molecule has 7 rings (SSSR count). The Hall–Kier alpha value is -5.02. The molecule has 4 heterocycles. The summed E-state index contributed by atoms with van der Waals surface area (Å²) in [5.74, 6) is 1.58. The van der Waals surface area contributed by atoms with Gasteiger partial charge in [0, 0.05) is 30.5 Å². The molecule has 56 heavy (non-hydrogen) atoms. The quantitative estimate of drug-likeness (QED) is 0.180. The van der Waals surface area contributed by atoms with Gasteiger partial charge >= 0.3 is 12.2 Å². The predicted octanol–water partition coefficient (Wildman–Crippen LogP) is 8.28. The van der Waals surface area contributed by atoms with E-state index in [0.717, 1.165) is 29.4 Å². The van der Waals surface area contributed by atoms with E-state index < -0.39 is 37.1 Å². The Bertz CT molecular complexity index is 2230. The minimum atomic E-state index is -1.90. The number of amides is 2. The molecule has 0 unspecified atom stereocenters. The van der Waals surface area contributed by atoms with Crippen LogP contribution in [0.4, 0.5) is 32.7 Å². The summed E-state index contributed by atoms with van der Waals surface area (Å²) in [5.41, 5.74) is -0.140. The smallest absolute Gasteiger partial charge is 0.435 e. The highest BCUT2D eigenvalue weighted by Gasteiger charge is 2.68. The van der Waals surface area contributed by atoms with Gasteiger partial charge < -0.3 is 28.9 Å². The van der Waals surface area contributed by atoms with E-state index in [1.807, 2.05) is 30.3 Å². The molecule has 2 aliphatic heterocycles. The first-order chi connectivity index (χ1) is 26.0. The van der Waals surface area contributed by atoms with Crippen LogP contribution in [0.25, 0.3) is 10.9 Å². The summed E-state index contributed by atoms with van der Waals surface area (Å²) < 4.78 is 24.8. The Morgan fingerprint density at radius 1 is 0.893 bits per heavy atom. The molecule has 1 saturated carbocycles. The number of hydrogen-bond acceptors (Lipinski definition) is 12. The molecule has 2 aromatic heterocycles. The SMILES string of the molecule is COc1ccc2c(c1)[C@]1(C[C@H]1c1ccc3c(Nc4cc(N5CC(O[Si](C)(C)C(C)(C)C)C5)ncn4)nn(C(=O)OC(C)(C)C)c3c1)C(=O)N2C(=O)OC(C)(C)C. The van der Waals surface area contributed by atoms with Crippen LogP contribution in [0.3, 0.4) is 0 Å². The average molecular weight is 784 g/mol. The first-order valence-electron chi connectivity index (χ1n) is 19.1. The van der Waals surface area contributed by atoms with Gasteiger partial charge in [-0.2, -0.15) is 4.68 Å². The van der Waals surface area contributed by atoms with Crippen molar-refractivity contribution in [3.8, 4) is 5.75 Å². The first kappa shape index (κ1) is 39.2. The minimum Gasteiger partial charge on any atom is -0.497 e. The highest BCUT2D eigenvalue weighted by Crippen LogP contribution is 2.67. The number of aromatic nitrogens is 4. The second kappa shape index (κ2) is 13.3. The maximum absolute atomic E-state index is 14.3. The second-order valence-corrected chi connectivity index (χ2v) is 23.3. The lowest BCUT2D eigenvalue weighted by atomic mass is 9.91. The molecule has 1 spiro atoms. The predicted molar refractivity (Wildman–Crippen MR) is 217 cm³/mol. The van der Waals surface area contributed by atoms with Crippen molar-refractivity contribution >= 4 is 60.5 Å². The van der Waals surface area contributed by atoms with Gasteiger partial charge in [-0.25, -0.2) is 24.5 Å². The molecular formula is C41H53N7O7Si. The molecule has 1 N–H and O–H groups in total. The Labute approximate surface area is 329 Å².